The van der Waals surface area contributed by atoms with Gasteiger partial charge in [-0.05, 0) is 24.6 Å². The largest absolute Gasteiger partial charge is 0.289 e. The van der Waals surface area contributed by atoms with Crippen LogP contribution < -0.4 is 0 Å². The van der Waals surface area contributed by atoms with Crippen LogP contribution in [0.2, 0.25) is 10.3 Å². The molecule has 0 aliphatic carbocycles. The van der Waals surface area contributed by atoms with Crippen molar-refractivity contribution in [2.45, 2.75) is 6.92 Å². The van der Waals surface area contributed by atoms with E-state index in [1.165, 1.54) is 12.1 Å². The molecule has 0 radical (unpaired) electrons. The molecule has 1 heterocycles. The maximum Gasteiger partial charge on any atom is 0.191 e. The van der Waals surface area contributed by atoms with Gasteiger partial charge in [0, 0.05) is 0 Å². The normalized spacial score (nSPS) is 9.77. The zero-order valence-corrected chi connectivity index (χ0v) is 8.49. The standard InChI is InChI=1S/C9H7Cl2NO/c1-5(2)8(13)6-3-4-7(10)12-9(6)11/h3-4H,1H2,2H3. The lowest BCUT2D eigenvalue weighted by Gasteiger charge is -2.01. The molecule has 0 unspecified atom stereocenters. The highest BCUT2D eigenvalue weighted by Gasteiger charge is 2.11. The molecule has 0 fully saturated rings. The van der Waals surface area contributed by atoms with Crippen LogP contribution in [0.1, 0.15) is 17.3 Å². The van der Waals surface area contributed by atoms with Gasteiger partial charge in [0.25, 0.3) is 0 Å². The summed E-state index contributed by atoms with van der Waals surface area (Å²) in [5.41, 5.74) is 0.754. The Morgan fingerprint density at radius 3 is 2.54 bits per heavy atom. The van der Waals surface area contributed by atoms with Crippen LogP contribution in [0.5, 0.6) is 0 Å². The Morgan fingerprint density at radius 2 is 2.08 bits per heavy atom. The number of nitrogens with zero attached hydrogens (tertiary/aromatic N) is 1. The van der Waals surface area contributed by atoms with Crippen LogP contribution in [0.3, 0.4) is 0 Å². The molecular weight excluding hydrogens is 209 g/mol. The third kappa shape index (κ3) is 2.29. The molecule has 0 amide bonds. The zero-order chi connectivity index (χ0) is 10.0. The van der Waals surface area contributed by atoms with Gasteiger partial charge in [-0.3, -0.25) is 4.79 Å². The molecule has 0 bridgehead atoms. The number of carbonyl (C=O) groups excluding carboxylic acids is 1. The molecule has 2 nitrogen and oxygen atoms in total. The smallest absolute Gasteiger partial charge is 0.191 e. The van der Waals surface area contributed by atoms with Crippen LogP contribution in [0.25, 0.3) is 0 Å². The lowest BCUT2D eigenvalue weighted by atomic mass is 10.1. The van der Waals surface area contributed by atoms with Gasteiger partial charge in [0.05, 0.1) is 5.56 Å². The summed E-state index contributed by atoms with van der Waals surface area (Å²) >= 11 is 11.3. The first-order valence-electron chi connectivity index (χ1n) is 3.54. The van der Waals surface area contributed by atoms with Crippen molar-refractivity contribution in [2.75, 3.05) is 0 Å². The minimum absolute atomic E-state index is 0.112. The molecule has 0 aliphatic heterocycles. The minimum atomic E-state index is -0.214. The van der Waals surface area contributed by atoms with Crippen molar-refractivity contribution >= 4 is 29.0 Å². The number of hydrogen-bond donors (Lipinski definition) is 0. The van der Waals surface area contributed by atoms with Crippen molar-refractivity contribution < 1.29 is 4.79 Å². The van der Waals surface area contributed by atoms with Gasteiger partial charge in [0.15, 0.2) is 5.78 Å². The topological polar surface area (TPSA) is 30.0 Å². The van der Waals surface area contributed by atoms with Crippen LogP contribution in [-0.4, -0.2) is 10.8 Å². The number of aromatic nitrogens is 1. The van der Waals surface area contributed by atoms with Gasteiger partial charge in [0.1, 0.15) is 10.3 Å². The van der Waals surface area contributed by atoms with E-state index in [0.717, 1.165) is 0 Å². The van der Waals surface area contributed by atoms with E-state index < -0.39 is 0 Å². The Morgan fingerprint density at radius 1 is 1.46 bits per heavy atom. The van der Waals surface area contributed by atoms with E-state index in [-0.39, 0.29) is 16.1 Å². The Hall–Kier alpha value is -0.860. The highest BCUT2D eigenvalue weighted by atomic mass is 35.5. The fourth-order valence-electron chi connectivity index (χ4n) is 0.811. The van der Waals surface area contributed by atoms with E-state index in [1.807, 2.05) is 0 Å². The molecule has 0 aliphatic rings. The maximum atomic E-state index is 11.4. The molecular formula is C9H7Cl2NO. The van der Waals surface area contributed by atoms with Gasteiger partial charge in [-0.15, -0.1) is 0 Å². The number of pyridine rings is 1. The number of allylic oxidation sites excluding steroid dienone is 1. The molecule has 0 saturated carbocycles. The SMILES string of the molecule is C=C(C)C(=O)c1ccc(Cl)nc1Cl. The molecule has 0 spiro atoms. The molecule has 0 saturated heterocycles. The third-order valence-corrected chi connectivity index (χ3v) is 1.95. The van der Waals surface area contributed by atoms with Crippen LogP contribution in [0, 0.1) is 0 Å². The molecule has 0 aromatic carbocycles. The summed E-state index contributed by atoms with van der Waals surface area (Å²) in [6.45, 7) is 5.14. The van der Waals surface area contributed by atoms with Crippen LogP contribution in [0.15, 0.2) is 24.3 Å². The number of carbonyl (C=O) groups is 1. The summed E-state index contributed by atoms with van der Waals surface area (Å²) in [4.78, 5) is 15.2. The molecule has 0 N–H and O–H groups in total. The van der Waals surface area contributed by atoms with Crippen molar-refractivity contribution in [2.24, 2.45) is 0 Å². The molecule has 1 aromatic rings. The van der Waals surface area contributed by atoms with E-state index in [0.29, 0.717) is 11.1 Å². The van der Waals surface area contributed by atoms with Gasteiger partial charge < -0.3 is 0 Å². The first-order chi connectivity index (χ1) is 6.02. The number of rotatable bonds is 2. The first-order valence-corrected chi connectivity index (χ1v) is 4.30. The van der Waals surface area contributed by atoms with Crippen molar-refractivity contribution in [3.63, 3.8) is 0 Å². The Labute approximate surface area is 86.2 Å². The summed E-state index contributed by atoms with van der Waals surface area (Å²) in [5.74, 6) is -0.214. The van der Waals surface area contributed by atoms with Gasteiger partial charge in [-0.25, -0.2) is 4.98 Å². The van der Waals surface area contributed by atoms with Crippen molar-refractivity contribution in [3.05, 3.63) is 40.2 Å². The Bertz CT molecular complexity index is 374. The predicted octanol–water partition coefficient (Wildman–Crippen LogP) is 3.15. The third-order valence-electron chi connectivity index (χ3n) is 1.45. The molecule has 4 heteroatoms. The Kier molecular flexibility index (Phi) is 3.07. The lowest BCUT2D eigenvalue weighted by molar-refractivity contribution is 0.103. The highest BCUT2D eigenvalue weighted by Crippen LogP contribution is 2.18. The van der Waals surface area contributed by atoms with Gasteiger partial charge >= 0.3 is 0 Å². The van der Waals surface area contributed by atoms with Crippen LogP contribution >= 0.6 is 23.2 Å². The average molecular weight is 216 g/mol. The second-order valence-electron chi connectivity index (χ2n) is 2.58. The fraction of sp³-hybridized carbons (Fsp3) is 0.111. The monoisotopic (exact) mass is 215 g/mol. The number of hydrogen-bond acceptors (Lipinski definition) is 2. The number of ketones is 1. The van der Waals surface area contributed by atoms with Crippen LogP contribution in [-0.2, 0) is 0 Å². The van der Waals surface area contributed by atoms with Crippen molar-refractivity contribution in [1.82, 2.24) is 4.98 Å². The molecule has 1 aromatic heterocycles. The van der Waals surface area contributed by atoms with Crippen molar-refractivity contribution in [1.29, 1.82) is 0 Å². The summed E-state index contributed by atoms with van der Waals surface area (Å²) in [6, 6.07) is 3.05. The van der Waals surface area contributed by atoms with E-state index in [2.05, 4.69) is 11.6 Å². The summed E-state index contributed by atoms with van der Waals surface area (Å²) < 4.78 is 0. The Balaban J connectivity index is 3.16. The lowest BCUT2D eigenvalue weighted by Crippen LogP contribution is -2.01. The van der Waals surface area contributed by atoms with Gasteiger partial charge in [-0.1, -0.05) is 29.8 Å². The molecule has 1 rings (SSSR count). The number of halogens is 2. The van der Waals surface area contributed by atoms with E-state index in [1.54, 1.807) is 6.92 Å². The van der Waals surface area contributed by atoms with Crippen LogP contribution in [0.4, 0.5) is 0 Å². The highest BCUT2D eigenvalue weighted by molar-refractivity contribution is 6.35. The summed E-state index contributed by atoms with van der Waals surface area (Å²) in [6.07, 6.45) is 0. The minimum Gasteiger partial charge on any atom is -0.289 e. The first kappa shape index (κ1) is 10.2. The molecule has 0 atom stereocenters. The second kappa shape index (κ2) is 3.90. The van der Waals surface area contributed by atoms with E-state index in [9.17, 15) is 4.79 Å². The van der Waals surface area contributed by atoms with Gasteiger partial charge in [-0.2, -0.15) is 0 Å². The van der Waals surface area contributed by atoms with E-state index in [4.69, 9.17) is 23.2 Å². The average Bonchev–Trinajstić information content (AvgIpc) is 2.03. The maximum absolute atomic E-state index is 11.4. The fourth-order valence-corrected chi connectivity index (χ4v) is 1.24. The quantitative estimate of drug-likeness (QED) is 0.431. The summed E-state index contributed by atoms with van der Waals surface area (Å²) in [5, 5.41) is 0.378. The molecule has 68 valence electrons. The predicted molar refractivity (Wildman–Crippen MR) is 53.4 cm³/mol. The van der Waals surface area contributed by atoms with E-state index >= 15 is 0 Å². The second-order valence-corrected chi connectivity index (χ2v) is 3.33. The number of Topliss-reactive ketones (excluding diaryl/α,β-unsaturated/α-hetero) is 1. The van der Waals surface area contributed by atoms with Crippen molar-refractivity contribution in [3.8, 4) is 0 Å². The van der Waals surface area contributed by atoms with Gasteiger partial charge in [0.2, 0.25) is 0 Å². The summed E-state index contributed by atoms with van der Waals surface area (Å²) in [7, 11) is 0. The zero-order valence-electron chi connectivity index (χ0n) is 6.97. The molecule has 13 heavy (non-hydrogen) atoms.